The molecule has 0 saturated heterocycles. The molecule has 3 rings (SSSR count). The van der Waals surface area contributed by atoms with Crippen LogP contribution in [-0.4, -0.2) is 9.55 Å². The van der Waals surface area contributed by atoms with Gasteiger partial charge in [-0.25, -0.2) is 18.2 Å². The Kier molecular flexibility index (Phi) is 2.74. The molecule has 0 aliphatic heterocycles. The third-order valence-corrected chi connectivity index (χ3v) is 2.93. The number of aromatic nitrogens is 2. The first-order valence-corrected chi connectivity index (χ1v) is 5.68. The third kappa shape index (κ3) is 2.19. The van der Waals surface area contributed by atoms with Gasteiger partial charge in [-0.3, -0.25) is 0 Å². The Morgan fingerprint density at radius 2 is 1.63 bits per heavy atom. The number of halogens is 3. The Morgan fingerprint density at radius 3 is 2.37 bits per heavy atom. The summed E-state index contributed by atoms with van der Waals surface area (Å²) in [7, 11) is 0. The normalized spacial score (nSPS) is 11.1. The average Bonchev–Trinajstić information content (AvgIpc) is 2.76. The number of hydrogen-bond acceptors (Lipinski definition) is 1. The largest absolute Gasteiger partial charge is 0.326 e. The highest BCUT2D eigenvalue weighted by atomic mass is 19.2. The molecule has 1 aromatic heterocycles. The van der Waals surface area contributed by atoms with Gasteiger partial charge in [-0.1, -0.05) is 12.1 Å². The van der Waals surface area contributed by atoms with Gasteiger partial charge in [0.2, 0.25) is 0 Å². The fourth-order valence-electron chi connectivity index (χ4n) is 1.97. The third-order valence-electron chi connectivity index (χ3n) is 2.93. The SMILES string of the molecule is Fc1ccc(Cn2cnc3cc(F)c(F)cc32)cc1. The zero-order valence-corrected chi connectivity index (χ0v) is 9.78. The van der Waals surface area contributed by atoms with Gasteiger partial charge in [0, 0.05) is 18.7 Å². The van der Waals surface area contributed by atoms with Gasteiger partial charge in [0.1, 0.15) is 5.82 Å². The van der Waals surface area contributed by atoms with Crippen LogP contribution in [0.25, 0.3) is 11.0 Å². The number of hydrogen-bond donors (Lipinski definition) is 0. The van der Waals surface area contributed by atoms with Gasteiger partial charge < -0.3 is 4.57 Å². The molecular formula is C14H9F3N2. The minimum Gasteiger partial charge on any atom is -0.326 e. The molecule has 96 valence electrons. The van der Waals surface area contributed by atoms with E-state index >= 15 is 0 Å². The number of imidazole rings is 1. The van der Waals surface area contributed by atoms with Crippen molar-refractivity contribution >= 4 is 11.0 Å². The van der Waals surface area contributed by atoms with Gasteiger partial charge in [-0.05, 0) is 17.7 Å². The topological polar surface area (TPSA) is 17.8 Å². The van der Waals surface area contributed by atoms with Crippen LogP contribution in [-0.2, 0) is 6.54 Å². The number of benzene rings is 2. The lowest BCUT2D eigenvalue weighted by atomic mass is 10.2. The van der Waals surface area contributed by atoms with E-state index in [4.69, 9.17) is 0 Å². The van der Waals surface area contributed by atoms with Crippen LogP contribution in [0.1, 0.15) is 5.56 Å². The second-order valence-electron chi connectivity index (χ2n) is 4.25. The fourth-order valence-corrected chi connectivity index (χ4v) is 1.97. The molecule has 0 aliphatic rings. The number of rotatable bonds is 2. The van der Waals surface area contributed by atoms with Crippen molar-refractivity contribution in [3.05, 3.63) is 65.7 Å². The Morgan fingerprint density at radius 1 is 0.947 bits per heavy atom. The molecule has 0 N–H and O–H groups in total. The van der Waals surface area contributed by atoms with E-state index in [9.17, 15) is 13.2 Å². The van der Waals surface area contributed by atoms with Crippen LogP contribution in [0.5, 0.6) is 0 Å². The highest BCUT2D eigenvalue weighted by Gasteiger charge is 2.09. The van der Waals surface area contributed by atoms with Crippen LogP contribution < -0.4 is 0 Å². The summed E-state index contributed by atoms with van der Waals surface area (Å²) in [6.07, 6.45) is 1.51. The van der Waals surface area contributed by atoms with Gasteiger partial charge >= 0.3 is 0 Å². The lowest BCUT2D eigenvalue weighted by molar-refractivity contribution is 0.510. The first kappa shape index (κ1) is 11.8. The standard InChI is InChI=1S/C14H9F3N2/c15-10-3-1-9(2-4-10)7-19-8-18-13-5-11(16)12(17)6-14(13)19/h1-6,8H,7H2. The van der Waals surface area contributed by atoms with Gasteiger partial charge in [-0.15, -0.1) is 0 Å². The molecule has 0 unspecified atom stereocenters. The molecule has 0 spiro atoms. The molecular weight excluding hydrogens is 253 g/mol. The highest BCUT2D eigenvalue weighted by Crippen LogP contribution is 2.18. The molecule has 0 aliphatic carbocycles. The van der Waals surface area contributed by atoms with Crippen LogP contribution in [0.2, 0.25) is 0 Å². The fraction of sp³-hybridized carbons (Fsp3) is 0.0714. The van der Waals surface area contributed by atoms with Crippen molar-refractivity contribution in [2.45, 2.75) is 6.54 Å². The second kappa shape index (κ2) is 4.42. The molecule has 0 amide bonds. The first-order valence-electron chi connectivity index (χ1n) is 5.68. The minimum atomic E-state index is -0.917. The van der Waals surface area contributed by atoms with E-state index in [0.29, 0.717) is 17.6 Å². The van der Waals surface area contributed by atoms with Crippen molar-refractivity contribution in [1.29, 1.82) is 0 Å². The van der Waals surface area contributed by atoms with E-state index in [2.05, 4.69) is 4.98 Å². The molecule has 0 atom stereocenters. The van der Waals surface area contributed by atoms with Crippen LogP contribution in [0, 0.1) is 17.5 Å². The van der Waals surface area contributed by atoms with Gasteiger partial charge in [0.15, 0.2) is 11.6 Å². The van der Waals surface area contributed by atoms with Crippen molar-refractivity contribution in [2.24, 2.45) is 0 Å². The molecule has 0 saturated carbocycles. The van der Waals surface area contributed by atoms with Crippen LogP contribution in [0.3, 0.4) is 0 Å². The summed E-state index contributed by atoms with van der Waals surface area (Å²) in [6.45, 7) is 0.419. The zero-order chi connectivity index (χ0) is 13.4. The van der Waals surface area contributed by atoms with Crippen molar-refractivity contribution < 1.29 is 13.2 Å². The summed E-state index contributed by atoms with van der Waals surface area (Å²) in [5.41, 5.74) is 1.75. The average molecular weight is 262 g/mol. The molecule has 0 bridgehead atoms. The first-order chi connectivity index (χ1) is 9.13. The Labute approximate surface area is 107 Å². The van der Waals surface area contributed by atoms with Gasteiger partial charge in [-0.2, -0.15) is 0 Å². The summed E-state index contributed by atoms with van der Waals surface area (Å²) < 4.78 is 40.8. The molecule has 19 heavy (non-hydrogen) atoms. The van der Waals surface area contributed by atoms with E-state index < -0.39 is 11.6 Å². The Hall–Kier alpha value is -2.30. The maximum absolute atomic E-state index is 13.2. The molecule has 1 heterocycles. The van der Waals surface area contributed by atoms with Crippen molar-refractivity contribution in [2.75, 3.05) is 0 Å². The molecule has 3 aromatic rings. The monoisotopic (exact) mass is 262 g/mol. The maximum atomic E-state index is 13.2. The summed E-state index contributed by atoms with van der Waals surface area (Å²) in [5.74, 6) is -2.14. The van der Waals surface area contributed by atoms with E-state index in [1.54, 1.807) is 16.7 Å². The molecule has 2 aromatic carbocycles. The van der Waals surface area contributed by atoms with Crippen LogP contribution in [0.4, 0.5) is 13.2 Å². The predicted molar refractivity (Wildman–Crippen MR) is 65.2 cm³/mol. The van der Waals surface area contributed by atoms with E-state index in [0.717, 1.165) is 17.7 Å². The van der Waals surface area contributed by atoms with Crippen LogP contribution in [0.15, 0.2) is 42.7 Å². The molecule has 2 nitrogen and oxygen atoms in total. The number of fused-ring (bicyclic) bond motifs is 1. The van der Waals surface area contributed by atoms with E-state index in [-0.39, 0.29) is 5.82 Å². The Bertz CT molecular complexity index is 732. The molecule has 5 heteroatoms. The summed E-state index contributed by atoms with van der Waals surface area (Å²) in [6, 6.07) is 8.17. The van der Waals surface area contributed by atoms with Crippen LogP contribution >= 0.6 is 0 Å². The minimum absolute atomic E-state index is 0.313. The number of nitrogens with zero attached hydrogens (tertiary/aromatic N) is 2. The highest BCUT2D eigenvalue weighted by molar-refractivity contribution is 5.75. The lowest BCUT2D eigenvalue weighted by Crippen LogP contribution is -1.98. The quantitative estimate of drug-likeness (QED) is 0.691. The molecule has 0 fully saturated rings. The predicted octanol–water partition coefficient (Wildman–Crippen LogP) is 3.50. The van der Waals surface area contributed by atoms with Gasteiger partial charge in [0.25, 0.3) is 0 Å². The van der Waals surface area contributed by atoms with Crippen molar-refractivity contribution in [1.82, 2.24) is 9.55 Å². The van der Waals surface area contributed by atoms with Crippen molar-refractivity contribution in [3.63, 3.8) is 0 Å². The van der Waals surface area contributed by atoms with E-state index in [1.807, 2.05) is 0 Å². The Balaban J connectivity index is 2.01. The maximum Gasteiger partial charge on any atom is 0.161 e. The van der Waals surface area contributed by atoms with E-state index in [1.165, 1.54) is 18.5 Å². The van der Waals surface area contributed by atoms with Crippen molar-refractivity contribution in [3.8, 4) is 0 Å². The summed E-state index contributed by atoms with van der Waals surface area (Å²) >= 11 is 0. The zero-order valence-electron chi connectivity index (χ0n) is 9.78. The lowest BCUT2D eigenvalue weighted by Gasteiger charge is -2.04. The second-order valence-corrected chi connectivity index (χ2v) is 4.25. The van der Waals surface area contributed by atoms with Gasteiger partial charge in [0.05, 0.1) is 17.4 Å². The smallest absolute Gasteiger partial charge is 0.161 e. The summed E-state index contributed by atoms with van der Waals surface area (Å²) in [4.78, 5) is 4.02. The molecule has 0 radical (unpaired) electrons. The summed E-state index contributed by atoms with van der Waals surface area (Å²) in [5, 5.41) is 0.